The predicted octanol–water partition coefficient (Wildman–Crippen LogP) is 1.21. The second-order valence-electron chi connectivity index (χ2n) is 2.72. The lowest BCUT2D eigenvalue weighted by molar-refractivity contribution is -0.152. The van der Waals surface area contributed by atoms with E-state index in [1.807, 2.05) is 0 Å². The monoisotopic (exact) mass is 221 g/mol. The number of hydroxylamine groups is 2. The fraction of sp³-hybridized carbons (Fsp3) is 0.667. The second kappa shape index (κ2) is 7.79. The van der Waals surface area contributed by atoms with Crippen LogP contribution in [0.15, 0.2) is 12.2 Å². The third kappa shape index (κ3) is 5.96. The first-order valence-electron chi connectivity index (χ1n) is 4.29. The number of alkyl halides is 1. The van der Waals surface area contributed by atoms with Crippen LogP contribution in [0.1, 0.15) is 6.92 Å². The number of nitrogens with zero attached hydrogens (tertiary/aromatic N) is 1. The first-order valence-corrected chi connectivity index (χ1v) is 4.83. The molecule has 0 atom stereocenters. The van der Waals surface area contributed by atoms with E-state index in [9.17, 15) is 4.79 Å². The molecule has 4 nitrogen and oxygen atoms in total. The minimum absolute atomic E-state index is 0.274. The van der Waals surface area contributed by atoms with Crippen molar-refractivity contribution in [1.82, 2.24) is 5.06 Å². The molecule has 0 N–H and O–H groups in total. The summed E-state index contributed by atoms with van der Waals surface area (Å²) in [5.41, 5.74) is 0.395. The van der Waals surface area contributed by atoms with Gasteiger partial charge in [-0.1, -0.05) is 6.58 Å². The van der Waals surface area contributed by atoms with Gasteiger partial charge in [-0.05, 0) is 6.92 Å². The SMILES string of the molecule is C=C(C)C(=O)OCCN(CCCl)OC. The summed E-state index contributed by atoms with van der Waals surface area (Å²) >= 11 is 5.52. The topological polar surface area (TPSA) is 38.8 Å². The van der Waals surface area contributed by atoms with Crippen molar-refractivity contribution in [2.75, 3.05) is 32.7 Å². The Morgan fingerprint density at radius 2 is 2.14 bits per heavy atom. The quantitative estimate of drug-likeness (QED) is 0.280. The lowest BCUT2D eigenvalue weighted by Crippen LogP contribution is -2.29. The molecule has 0 saturated carbocycles. The number of hydrogen-bond donors (Lipinski definition) is 0. The maximum atomic E-state index is 11.0. The number of rotatable bonds is 7. The maximum Gasteiger partial charge on any atom is 0.333 e. The van der Waals surface area contributed by atoms with Crippen molar-refractivity contribution in [3.63, 3.8) is 0 Å². The molecule has 0 aliphatic carbocycles. The maximum absolute atomic E-state index is 11.0. The van der Waals surface area contributed by atoms with Crippen LogP contribution in [-0.2, 0) is 14.4 Å². The van der Waals surface area contributed by atoms with E-state index in [0.717, 1.165) is 0 Å². The fourth-order valence-electron chi connectivity index (χ4n) is 0.752. The molecule has 0 radical (unpaired) electrons. The van der Waals surface area contributed by atoms with Crippen molar-refractivity contribution in [1.29, 1.82) is 0 Å². The third-order valence-electron chi connectivity index (χ3n) is 1.51. The number of carbonyl (C=O) groups excluding carboxylic acids is 1. The van der Waals surface area contributed by atoms with Gasteiger partial charge in [0.25, 0.3) is 0 Å². The molecule has 0 bridgehead atoms. The normalized spacial score (nSPS) is 10.3. The largest absolute Gasteiger partial charge is 0.461 e. The van der Waals surface area contributed by atoms with Crippen molar-refractivity contribution in [2.24, 2.45) is 0 Å². The molecule has 14 heavy (non-hydrogen) atoms. The highest BCUT2D eigenvalue weighted by Gasteiger charge is 2.06. The Bertz CT molecular complexity index is 196. The third-order valence-corrected chi connectivity index (χ3v) is 1.68. The smallest absolute Gasteiger partial charge is 0.333 e. The highest BCUT2D eigenvalue weighted by atomic mass is 35.5. The van der Waals surface area contributed by atoms with E-state index in [-0.39, 0.29) is 12.6 Å². The summed E-state index contributed by atoms with van der Waals surface area (Å²) in [6.07, 6.45) is 0. The van der Waals surface area contributed by atoms with Gasteiger partial charge in [-0.3, -0.25) is 0 Å². The molecule has 0 heterocycles. The second-order valence-corrected chi connectivity index (χ2v) is 3.09. The summed E-state index contributed by atoms with van der Waals surface area (Å²) in [5.74, 6) is 0.0920. The van der Waals surface area contributed by atoms with Gasteiger partial charge in [0.05, 0.1) is 13.7 Å². The van der Waals surface area contributed by atoms with Gasteiger partial charge in [0.15, 0.2) is 0 Å². The van der Waals surface area contributed by atoms with Gasteiger partial charge in [0.2, 0.25) is 0 Å². The predicted molar refractivity (Wildman–Crippen MR) is 55.1 cm³/mol. The number of hydrogen-bond acceptors (Lipinski definition) is 4. The van der Waals surface area contributed by atoms with Gasteiger partial charge in [-0.2, -0.15) is 5.06 Å². The first-order chi connectivity index (χ1) is 6.61. The van der Waals surface area contributed by atoms with Gasteiger partial charge >= 0.3 is 5.97 Å². The first kappa shape index (κ1) is 13.4. The molecule has 0 aromatic rings. The number of carbonyl (C=O) groups is 1. The van der Waals surface area contributed by atoms with E-state index >= 15 is 0 Å². The molecule has 0 spiro atoms. The number of ether oxygens (including phenoxy) is 1. The molecule has 0 rings (SSSR count). The van der Waals surface area contributed by atoms with Gasteiger partial charge in [-0.15, -0.1) is 11.6 Å². The van der Waals surface area contributed by atoms with Gasteiger partial charge in [0, 0.05) is 18.0 Å². The van der Waals surface area contributed by atoms with Crippen LogP contribution in [0.4, 0.5) is 0 Å². The Labute approximate surface area is 89.4 Å². The van der Waals surface area contributed by atoms with Crippen LogP contribution in [0.3, 0.4) is 0 Å². The highest BCUT2D eigenvalue weighted by molar-refractivity contribution is 6.18. The summed E-state index contributed by atoms with van der Waals surface area (Å²) in [6, 6.07) is 0. The van der Waals surface area contributed by atoms with Crippen molar-refractivity contribution >= 4 is 17.6 Å². The van der Waals surface area contributed by atoms with Crippen molar-refractivity contribution in [3.05, 3.63) is 12.2 Å². The molecular formula is C9H16ClNO3. The van der Waals surface area contributed by atoms with Crippen LogP contribution in [0.5, 0.6) is 0 Å². The van der Waals surface area contributed by atoms with Crippen LogP contribution in [0.25, 0.3) is 0 Å². The molecule has 0 unspecified atom stereocenters. The summed E-state index contributed by atoms with van der Waals surface area (Å²) in [7, 11) is 1.55. The van der Waals surface area contributed by atoms with Crippen molar-refractivity contribution < 1.29 is 14.4 Å². The van der Waals surface area contributed by atoms with Gasteiger partial charge in [-0.25, -0.2) is 4.79 Å². The summed E-state index contributed by atoms with van der Waals surface area (Å²) in [4.78, 5) is 15.9. The van der Waals surface area contributed by atoms with E-state index in [1.165, 1.54) is 0 Å². The highest BCUT2D eigenvalue weighted by Crippen LogP contribution is 1.94. The molecule has 0 saturated heterocycles. The molecule has 5 heteroatoms. The molecule has 0 aliphatic rings. The standard InChI is InChI=1S/C9H16ClNO3/c1-8(2)9(12)14-7-6-11(13-3)5-4-10/h1,4-7H2,2-3H3. The molecule has 0 aliphatic heterocycles. The van der Waals surface area contributed by atoms with E-state index in [2.05, 4.69) is 6.58 Å². The molecule has 0 fully saturated rings. The molecule has 0 aromatic carbocycles. The Kier molecular flexibility index (Phi) is 7.47. The summed E-state index contributed by atoms with van der Waals surface area (Å²) < 4.78 is 4.88. The van der Waals surface area contributed by atoms with Crippen LogP contribution in [0.2, 0.25) is 0 Å². The minimum atomic E-state index is -0.382. The van der Waals surface area contributed by atoms with Crippen LogP contribution in [-0.4, -0.2) is 43.7 Å². The lowest BCUT2D eigenvalue weighted by atomic mass is 10.4. The zero-order chi connectivity index (χ0) is 11.0. The Balaban J connectivity index is 3.60. The summed E-state index contributed by atoms with van der Waals surface area (Å²) in [6.45, 7) is 6.45. The number of halogens is 1. The zero-order valence-electron chi connectivity index (χ0n) is 8.59. The Morgan fingerprint density at radius 3 is 2.57 bits per heavy atom. The average molecular weight is 222 g/mol. The van der Waals surface area contributed by atoms with Crippen LogP contribution >= 0.6 is 11.6 Å². The van der Waals surface area contributed by atoms with Crippen molar-refractivity contribution in [3.8, 4) is 0 Å². The molecule has 0 aromatic heterocycles. The van der Waals surface area contributed by atoms with Crippen molar-refractivity contribution in [2.45, 2.75) is 6.92 Å². The van der Waals surface area contributed by atoms with Gasteiger partial charge < -0.3 is 9.57 Å². The minimum Gasteiger partial charge on any atom is -0.461 e. The molecule has 0 amide bonds. The molecule has 82 valence electrons. The van der Waals surface area contributed by atoms with Crippen LogP contribution < -0.4 is 0 Å². The van der Waals surface area contributed by atoms with E-state index in [4.69, 9.17) is 21.2 Å². The zero-order valence-corrected chi connectivity index (χ0v) is 9.34. The lowest BCUT2D eigenvalue weighted by Gasteiger charge is -2.17. The summed E-state index contributed by atoms with van der Waals surface area (Å²) in [5, 5.41) is 1.62. The van der Waals surface area contributed by atoms with E-state index in [0.29, 0.717) is 24.5 Å². The van der Waals surface area contributed by atoms with Gasteiger partial charge in [0.1, 0.15) is 6.61 Å². The van der Waals surface area contributed by atoms with E-state index in [1.54, 1.807) is 19.1 Å². The van der Waals surface area contributed by atoms with Crippen LogP contribution in [0, 0.1) is 0 Å². The number of esters is 1. The fourth-order valence-corrected chi connectivity index (χ4v) is 0.941. The molecular weight excluding hydrogens is 206 g/mol. The van der Waals surface area contributed by atoms with E-state index < -0.39 is 0 Å². The Morgan fingerprint density at radius 1 is 1.50 bits per heavy atom. The Hall–Kier alpha value is -0.580. The average Bonchev–Trinajstić information content (AvgIpc) is 2.16.